The first-order valence-electron chi connectivity index (χ1n) is 12.4. The topological polar surface area (TPSA) is 39.1 Å². The standard InChI is InChI=1S/C14H17NO.C8H18.C7H12O/c1-4-12-8-14-13(7-10(12)2)5-6-15(14)9-11(3)16;1-4-7-8(5-2)6-3;1-4-6(3)7(8)5-2/h5-8H,4,9H2,1-3H3;8H,4-7H2,1-3H3;5-6H,2,4H2,1,3H3. The van der Waals surface area contributed by atoms with Crippen LogP contribution in [0.5, 0.6) is 0 Å². The number of hydrogen-bond acceptors (Lipinski definition) is 2. The second-order valence-corrected chi connectivity index (χ2v) is 8.72. The minimum absolute atomic E-state index is 0.146. The van der Waals surface area contributed by atoms with Crippen LogP contribution in [0.2, 0.25) is 0 Å². The predicted molar refractivity (Wildman–Crippen MR) is 140 cm³/mol. The Morgan fingerprint density at radius 1 is 1.06 bits per heavy atom. The summed E-state index contributed by atoms with van der Waals surface area (Å²) in [4.78, 5) is 21.8. The number of fused-ring (bicyclic) bond motifs is 1. The largest absolute Gasteiger partial charge is 0.340 e. The number of ketones is 2. The Morgan fingerprint density at radius 2 is 1.69 bits per heavy atom. The molecule has 0 bridgehead atoms. The molecule has 0 radical (unpaired) electrons. The first kappa shape index (κ1) is 29.8. The molecule has 0 fully saturated rings. The van der Waals surface area contributed by atoms with Gasteiger partial charge in [-0.2, -0.15) is 0 Å². The lowest BCUT2D eigenvalue weighted by Gasteiger charge is -2.08. The SMILES string of the molecule is C=CC(=O)C(C)CC.CCCC(CC)CC.CCc1cc2c(ccn2CC(C)=O)cc1C. The van der Waals surface area contributed by atoms with Crippen LogP contribution in [0.1, 0.15) is 91.7 Å². The van der Waals surface area contributed by atoms with Crippen LogP contribution >= 0.6 is 0 Å². The molecule has 3 heteroatoms. The van der Waals surface area contributed by atoms with Crippen molar-refractivity contribution in [3.05, 3.63) is 48.2 Å². The van der Waals surface area contributed by atoms with E-state index in [-0.39, 0.29) is 17.5 Å². The number of aryl methyl sites for hydroxylation is 2. The van der Waals surface area contributed by atoms with Gasteiger partial charge in [0.25, 0.3) is 0 Å². The molecule has 1 unspecified atom stereocenters. The van der Waals surface area contributed by atoms with Crippen molar-refractivity contribution in [3.63, 3.8) is 0 Å². The zero-order chi connectivity index (χ0) is 24.7. The molecule has 1 aromatic heterocycles. The van der Waals surface area contributed by atoms with Crippen LogP contribution in [-0.4, -0.2) is 16.1 Å². The number of hydrogen-bond donors (Lipinski definition) is 0. The van der Waals surface area contributed by atoms with Crippen molar-refractivity contribution < 1.29 is 9.59 Å². The molecule has 0 saturated carbocycles. The van der Waals surface area contributed by atoms with Gasteiger partial charge in [0, 0.05) is 17.6 Å². The fourth-order valence-corrected chi connectivity index (χ4v) is 3.66. The number of carbonyl (C=O) groups is 2. The van der Waals surface area contributed by atoms with Gasteiger partial charge in [-0.25, -0.2) is 0 Å². The van der Waals surface area contributed by atoms with Gasteiger partial charge in [0.15, 0.2) is 5.78 Å². The normalized spacial score (nSPS) is 11.3. The highest BCUT2D eigenvalue weighted by molar-refractivity contribution is 5.90. The van der Waals surface area contributed by atoms with Gasteiger partial charge in [-0.05, 0) is 73.4 Å². The molecule has 1 aromatic carbocycles. The molecular weight excluding hydrogens is 394 g/mol. The fourth-order valence-electron chi connectivity index (χ4n) is 3.66. The highest BCUT2D eigenvalue weighted by atomic mass is 16.1. The Morgan fingerprint density at radius 3 is 2.06 bits per heavy atom. The maximum atomic E-state index is 11.2. The summed E-state index contributed by atoms with van der Waals surface area (Å²) in [6.07, 6.45) is 10.8. The van der Waals surface area contributed by atoms with Crippen molar-refractivity contribution in [1.29, 1.82) is 0 Å². The third kappa shape index (κ3) is 10.4. The second kappa shape index (κ2) is 16.5. The molecule has 0 N–H and O–H groups in total. The van der Waals surface area contributed by atoms with Gasteiger partial charge in [0.1, 0.15) is 5.78 Å². The van der Waals surface area contributed by atoms with E-state index in [0.29, 0.717) is 6.54 Å². The average Bonchev–Trinajstić information content (AvgIpc) is 3.16. The first-order valence-corrected chi connectivity index (χ1v) is 12.4. The number of rotatable bonds is 10. The summed E-state index contributed by atoms with van der Waals surface area (Å²) < 4.78 is 2.02. The molecule has 180 valence electrons. The molecule has 32 heavy (non-hydrogen) atoms. The van der Waals surface area contributed by atoms with Crippen LogP contribution in [0.4, 0.5) is 0 Å². The van der Waals surface area contributed by atoms with E-state index in [4.69, 9.17) is 0 Å². The van der Waals surface area contributed by atoms with Crippen LogP contribution in [0, 0.1) is 18.8 Å². The van der Waals surface area contributed by atoms with Gasteiger partial charge >= 0.3 is 0 Å². The van der Waals surface area contributed by atoms with E-state index < -0.39 is 0 Å². The number of benzene rings is 1. The zero-order valence-corrected chi connectivity index (χ0v) is 22.0. The van der Waals surface area contributed by atoms with Gasteiger partial charge < -0.3 is 4.57 Å². The molecule has 0 aliphatic heterocycles. The Kier molecular flexibility index (Phi) is 15.4. The van der Waals surface area contributed by atoms with Crippen LogP contribution in [-0.2, 0) is 22.6 Å². The molecule has 1 heterocycles. The van der Waals surface area contributed by atoms with E-state index >= 15 is 0 Å². The summed E-state index contributed by atoms with van der Waals surface area (Å²) >= 11 is 0. The number of aromatic nitrogens is 1. The Hall–Kier alpha value is -2.16. The number of nitrogens with zero attached hydrogens (tertiary/aromatic N) is 1. The molecule has 1 atom stereocenters. The van der Waals surface area contributed by atoms with E-state index in [2.05, 4.69) is 59.4 Å². The lowest BCUT2D eigenvalue weighted by Crippen LogP contribution is -2.04. The quantitative estimate of drug-likeness (QED) is 0.349. The van der Waals surface area contributed by atoms with E-state index in [0.717, 1.165) is 24.3 Å². The summed E-state index contributed by atoms with van der Waals surface area (Å²) in [5.41, 5.74) is 3.85. The van der Waals surface area contributed by atoms with Crippen LogP contribution < -0.4 is 0 Å². The van der Waals surface area contributed by atoms with Crippen LogP contribution in [0.25, 0.3) is 10.9 Å². The number of carbonyl (C=O) groups excluding carboxylic acids is 2. The third-order valence-corrected chi connectivity index (χ3v) is 6.15. The minimum Gasteiger partial charge on any atom is -0.340 e. The molecule has 3 nitrogen and oxygen atoms in total. The fraction of sp³-hybridized carbons (Fsp3) is 0.586. The highest BCUT2D eigenvalue weighted by Crippen LogP contribution is 2.21. The van der Waals surface area contributed by atoms with Crippen molar-refractivity contribution in [3.8, 4) is 0 Å². The Bertz CT molecular complexity index is 827. The number of allylic oxidation sites excluding steroid dienone is 1. The predicted octanol–water partition coefficient (Wildman–Crippen LogP) is 8.11. The molecule has 2 aromatic rings. The van der Waals surface area contributed by atoms with Gasteiger partial charge in [-0.15, -0.1) is 0 Å². The number of Topliss-reactive ketones (excluding diaryl/α,β-unsaturated/α-hetero) is 1. The molecule has 2 rings (SSSR count). The average molecular weight is 442 g/mol. The van der Waals surface area contributed by atoms with Gasteiger partial charge in [-0.3, -0.25) is 9.59 Å². The summed E-state index contributed by atoms with van der Waals surface area (Å²) in [5.74, 6) is 1.50. The van der Waals surface area contributed by atoms with Crippen LogP contribution in [0.15, 0.2) is 37.1 Å². The molecule has 0 spiro atoms. The molecule has 0 saturated heterocycles. The van der Waals surface area contributed by atoms with E-state index in [1.165, 1.54) is 48.3 Å². The maximum absolute atomic E-state index is 11.2. The minimum atomic E-state index is 0.146. The Labute approximate surface area is 197 Å². The second-order valence-electron chi connectivity index (χ2n) is 8.72. The summed E-state index contributed by atoms with van der Waals surface area (Å²) in [5, 5.41) is 1.22. The monoisotopic (exact) mass is 441 g/mol. The lowest BCUT2D eigenvalue weighted by atomic mass is 9.98. The smallest absolute Gasteiger partial charge is 0.157 e. The lowest BCUT2D eigenvalue weighted by molar-refractivity contribution is -0.118. The van der Waals surface area contributed by atoms with Crippen molar-refractivity contribution >= 4 is 22.5 Å². The molecule has 0 aliphatic rings. The molecule has 0 aliphatic carbocycles. The highest BCUT2D eigenvalue weighted by Gasteiger charge is 2.06. The van der Waals surface area contributed by atoms with Crippen molar-refractivity contribution in [2.75, 3.05) is 0 Å². The van der Waals surface area contributed by atoms with Gasteiger partial charge in [-0.1, -0.05) is 73.8 Å². The van der Waals surface area contributed by atoms with E-state index in [1.54, 1.807) is 6.92 Å². The Balaban J connectivity index is 0.000000510. The van der Waals surface area contributed by atoms with Gasteiger partial charge in [0.05, 0.1) is 6.54 Å². The summed E-state index contributed by atoms with van der Waals surface area (Å²) in [7, 11) is 0. The van der Waals surface area contributed by atoms with Gasteiger partial charge in [0.2, 0.25) is 0 Å². The third-order valence-electron chi connectivity index (χ3n) is 6.15. The van der Waals surface area contributed by atoms with Crippen LogP contribution in [0.3, 0.4) is 0 Å². The zero-order valence-electron chi connectivity index (χ0n) is 22.0. The van der Waals surface area contributed by atoms with Crippen molar-refractivity contribution in [2.45, 2.75) is 100 Å². The summed E-state index contributed by atoms with van der Waals surface area (Å²) in [6.45, 7) is 20.5. The van der Waals surface area contributed by atoms with Crippen molar-refractivity contribution in [1.82, 2.24) is 4.57 Å². The maximum Gasteiger partial charge on any atom is 0.157 e. The van der Waals surface area contributed by atoms with Crippen molar-refractivity contribution in [2.24, 2.45) is 11.8 Å². The first-order chi connectivity index (χ1) is 15.2. The molecular formula is C29H47NO2. The summed E-state index contributed by atoms with van der Waals surface area (Å²) in [6, 6.07) is 6.48. The molecule has 0 amide bonds. The van der Waals surface area contributed by atoms with E-state index in [1.807, 2.05) is 24.6 Å². The van der Waals surface area contributed by atoms with E-state index in [9.17, 15) is 9.59 Å².